The highest BCUT2D eigenvalue weighted by Gasteiger charge is 2.42. The van der Waals surface area contributed by atoms with Crippen LogP contribution in [0.5, 0.6) is 0 Å². The van der Waals surface area contributed by atoms with Crippen LogP contribution in [0.1, 0.15) is 23.5 Å². The van der Waals surface area contributed by atoms with Crippen LogP contribution in [-0.4, -0.2) is 17.6 Å². The van der Waals surface area contributed by atoms with Crippen LogP contribution in [-0.2, 0) is 20.8 Å². The van der Waals surface area contributed by atoms with Gasteiger partial charge in [0.2, 0.25) is 11.8 Å². The van der Waals surface area contributed by atoms with Crippen molar-refractivity contribution < 1.29 is 14.4 Å². The zero-order valence-electron chi connectivity index (χ0n) is 12.6. The van der Waals surface area contributed by atoms with Crippen molar-refractivity contribution in [3.8, 4) is 0 Å². The molecule has 1 N–H and O–H groups in total. The molecule has 2 atom stereocenters. The summed E-state index contributed by atoms with van der Waals surface area (Å²) >= 11 is 0. The third-order valence-electron chi connectivity index (χ3n) is 4.15. The van der Waals surface area contributed by atoms with Gasteiger partial charge in [0.05, 0.1) is 5.92 Å². The van der Waals surface area contributed by atoms with E-state index in [2.05, 4.69) is 5.32 Å². The number of hydrogen-bond acceptors (Lipinski definition) is 3. The lowest BCUT2D eigenvalue weighted by Crippen LogP contribution is -2.51. The Bertz CT molecular complexity index is 725. The highest BCUT2D eigenvalue weighted by Crippen LogP contribution is 2.27. The third-order valence-corrected chi connectivity index (χ3v) is 4.15. The summed E-state index contributed by atoms with van der Waals surface area (Å²) < 4.78 is 0. The first kappa shape index (κ1) is 15.2. The third kappa shape index (κ3) is 3.21. The molecule has 1 aliphatic rings. The Hall–Kier alpha value is -2.75. The van der Waals surface area contributed by atoms with Crippen molar-refractivity contribution in [1.82, 2.24) is 5.32 Å². The van der Waals surface area contributed by atoms with Gasteiger partial charge in [0.15, 0.2) is 5.78 Å². The molecule has 0 spiro atoms. The summed E-state index contributed by atoms with van der Waals surface area (Å²) in [5, 5.41) is 2.35. The Kier molecular flexibility index (Phi) is 4.33. The summed E-state index contributed by atoms with van der Waals surface area (Å²) in [5.74, 6) is -2.99. The average molecular weight is 307 g/mol. The fourth-order valence-electron chi connectivity index (χ4n) is 2.93. The van der Waals surface area contributed by atoms with E-state index in [4.69, 9.17) is 0 Å². The van der Waals surface area contributed by atoms with Crippen molar-refractivity contribution in [3.05, 3.63) is 71.8 Å². The molecule has 4 heteroatoms. The van der Waals surface area contributed by atoms with Crippen molar-refractivity contribution in [3.63, 3.8) is 0 Å². The molecule has 116 valence electrons. The van der Waals surface area contributed by atoms with Gasteiger partial charge >= 0.3 is 0 Å². The van der Waals surface area contributed by atoms with E-state index in [9.17, 15) is 14.4 Å². The van der Waals surface area contributed by atoms with E-state index in [0.717, 1.165) is 5.56 Å². The second-order valence-electron chi connectivity index (χ2n) is 5.68. The van der Waals surface area contributed by atoms with E-state index in [1.54, 1.807) is 24.3 Å². The molecular formula is C19H17NO3. The molecular weight excluding hydrogens is 290 g/mol. The van der Waals surface area contributed by atoms with Gasteiger partial charge in [0.25, 0.3) is 0 Å². The lowest BCUT2D eigenvalue weighted by molar-refractivity contribution is -0.145. The highest BCUT2D eigenvalue weighted by molar-refractivity contribution is 6.23. The number of piperidine rings is 1. The van der Waals surface area contributed by atoms with Crippen LogP contribution < -0.4 is 5.32 Å². The number of hydrogen-bond donors (Lipinski definition) is 1. The van der Waals surface area contributed by atoms with Crippen molar-refractivity contribution in [2.75, 3.05) is 0 Å². The maximum atomic E-state index is 12.7. The van der Waals surface area contributed by atoms with E-state index in [0.29, 0.717) is 18.4 Å². The number of aryl methyl sites for hydroxylation is 1. The molecule has 3 rings (SSSR count). The van der Waals surface area contributed by atoms with Gasteiger partial charge in [-0.3, -0.25) is 19.7 Å². The maximum absolute atomic E-state index is 12.7. The van der Waals surface area contributed by atoms with Gasteiger partial charge in [0.1, 0.15) is 5.92 Å². The normalized spacial score (nSPS) is 21.1. The summed E-state index contributed by atoms with van der Waals surface area (Å²) in [6.45, 7) is 0. The molecule has 2 aromatic carbocycles. The molecule has 1 fully saturated rings. The predicted octanol–water partition coefficient (Wildman–Crippen LogP) is 2.24. The fraction of sp³-hybridized carbons (Fsp3) is 0.211. The zero-order chi connectivity index (χ0) is 16.2. The van der Waals surface area contributed by atoms with Crippen LogP contribution in [0, 0.1) is 5.92 Å². The first-order valence-electron chi connectivity index (χ1n) is 7.64. The van der Waals surface area contributed by atoms with Gasteiger partial charge in [-0.25, -0.2) is 0 Å². The van der Waals surface area contributed by atoms with Gasteiger partial charge in [-0.2, -0.15) is 0 Å². The molecule has 23 heavy (non-hydrogen) atoms. The number of nitrogens with one attached hydrogen (secondary N) is 1. The van der Waals surface area contributed by atoms with Crippen molar-refractivity contribution in [2.45, 2.75) is 18.8 Å². The summed E-state index contributed by atoms with van der Waals surface area (Å²) in [5.41, 5.74) is 1.70. The second kappa shape index (κ2) is 6.57. The molecule has 4 nitrogen and oxygen atoms in total. The number of benzene rings is 2. The lowest BCUT2D eigenvalue weighted by atomic mass is 9.80. The largest absolute Gasteiger partial charge is 0.298 e. The Morgan fingerprint density at radius 1 is 0.783 bits per heavy atom. The first-order valence-corrected chi connectivity index (χ1v) is 7.64. The van der Waals surface area contributed by atoms with E-state index in [1.807, 2.05) is 36.4 Å². The summed E-state index contributed by atoms with van der Waals surface area (Å²) in [6, 6.07) is 18.6. The van der Waals surface area contributed by atoms with Gasteiger partial charge in [-0.1, -0.05) is 60.7 Å². The van der Waals surface area contributed by atoms with E-state index >= 15 is 0 Å². The Morgan fingerprint density at radius 3 is 2.04 bits per heavy atom. The second-order valence-corrected chi connectivity index (χ2v) is 5.68. The summed E-state index contributed by atoms with van der Waals surface area (Å²) in [6.07, 6.45) is 1.03. The monoisotopic (exact) mass is 307 g/mol. The van der Waals surface area contributed by atoms with E-state index in [1.165, 1.54) is 0 Å². The number of imide groups is 1. The van der Waals surface area contributed by atoms with Crippen molar-refractivity contribution in [1.29, 1.82) is 0 Å². The van der Waals surface area contributed by atoms with Gasteiger partial charge in [-0.05, 0) is 24.0 Å². The topological polar surface area (TPSA) is 63.2 Å². The smallest absolute Gasteiger partial charge is 0.241 e. The van der Waals surface area contributed by atoms with Crippen LogP contribution in [0.2, 0.25) is 0 Å². The average Bonchev–Trinajstić information content (AvgIpc) is 2.56. The van der Waals surface area contributed by atoms with Crippen molar-refractivity contribution in [2.24, 2.45) is 5.92 Å². The first-order chi connectivity index (χ1) is 11.2. The van der Waals surface area contributed by atoms with Crippen LogP contribution in [0.4, 0.5) is 0 Å². The van der Waals surface area contributed by atoms with Gasteiger partial charge in [0, 0.05) is 0 Å². The summed E-state index contributed by atoms with van der Waals surface area (Å²) in [4.78, 5) is 36.8. The SMILES string of the molecule is O=C1NC(=O)[C@H](CCc2ccccc2)C(=O)C1c1ccccc1. The Morgan fingerprint density at radius 2 is 1.39 bits per heavy atom. The molecule has 0 radical (unpaired) electrons. The standard InChI is InChI=1S/C19H17NO3/c21-17-15(12-11-13-7-3-1-4-8-13)18(22)20-19(23)16(17)14-9-5-2-6-10-14/h1-10,15-16H,11-12H2,(H,20,22,23)/t15-,16?/m1/s1. The van der Waals surface area contributed by atoms with Crippen LogP contribution >= 0.6 is 0 Å². The number of ketones is 1. The number of rotatable bonds is 4. The highest BCUT2D eigenvalue weighted by atomic mass is 16.2. The fourth-order valence-corrected chi connectivity index (χ4v) is 2.93. The minimum Gasteiger partial charge on any atom is -0.298 e. The quantitative estimate of drug-likeness (QED) is 0.696. The lowest BCUT2D eigenvalue weighted by Gasteiger charge is -2.26. The minimum atomic E-state index is -0.894. The molecule has 1 unspecified atom stereocenters. The van der Waals surface area contributed by atoms with Crippen LogP contribution in [0.25, 0.3) is 0 Å². The molecule has 2 amide bonds. The minimum absolute atomic E-state index is 0.305. The molecule has 1 saturated heterocycles. The predicted molar refractivity (Wildman–Crippen MR) is 85.6 cm³/mol. The van der Waals surface area contributed by atoms with E-state index in [-0.39, 0.29) is 5.78 Å². The van der Waals surface area contributed by atoms with E-state index < -0.39 is 23.7 Å². The Labute approximate surface area is 134 Å². The molecule has 2 aromatic rings. The van der Waals surface area contributed by atoms with Gasteiger partial charge in [-0.15, -0.1) is 0 Å². The Balaban J connectivity index is 1.78. The van der Waals surface area contributed by atoms with Gasteiger partial charge < -0.3 is 0 Å². The van der Waals surface area contributed by atoms with Crippen LogP contribution in [0.15, 0.2) is 60.7 Å². The molecule has 1 heterocycles. The van der Waals surface area contributed by atoms with Crippen LogP contribution in [0.3, 0.4) is 0 Å². The zero-order valence-corrected chi connectivity index (χ0v) is 12.6. The van der Waals surface area contributed by atoms with Crippen molar-refractivity contribution >= 4 is 17.6 Å². The summed E-state index contributed by atoms with van der Waals surface area (Å²) in [7, 11) is 0. The maximum Gasteiger partial charge on any atom is 0.241 e. The number of Topliss-reactive ketones (excluding diaryl/α,β-unsaturated/α-hetero) is 1. The molecule has 0 aromatic heterocycles. The molecule has 0 saturated carbocycles. The number of amides is 2. The number of carbonyl (C=O) groups is 3. The molecule has 0 aliphatic carbocycles. The molecule has 0 bridgehead atoms. The number of carbonyl (C=O) groups excluding carboxylic acids is 3. The molecule has 1 aliphatic heterocycles.